The summed E-state index contributed by atoms with van der Waals surface area (Å²) in [5.74, 6) is 8.56. The zero-order chi connectivity index (χ0) is 86.8. The van der Waals surface area contributed by atoms with Crippen molar-refractivity contribution in [1.29, 1.82) is 0 Å². The Hall–Kier alpha value is -9.87. The fourth-order valence-corrected chi connectivity index (χ4v) is 17.1. The number of anilines is 5. The van der Waals surface area contributed by atoms with Crippen molar-refractivity contribution >= 4 is 137 Å². The smallest absolute Gasteiger partial charge is 0.324 e. The first-order valence-corrected chi connectivity index (χ1v) is 44.0. The zero-order valence-corrected chi connectivity index (χ0v) is 83.5. The first kappa shape index (κ1) is 97.3. The highest BCUT2D eigenvalue weighted by molar-refractivity contribution is 9.12. The molecule has 0 atom stereocenters. The van der Waals surface area contributed by atoms with Crippen molar-refractivity contribution in [2.45, 2.75) is 82.5 Å². The first-order chi connectivity index (χ1) is 58.4. The number of aryl methyl sites for hydroxylation is 7. The molecule has 4 aliphatic heterocycles. The second-order valence-corrected chi connectivity index (χ2v) is 35.0. The molecule has 0 bridgehead atoms. The average Bonchev–Trinajstić information content (AvgIpc) is 1.62. The van der Waals surface area contributed by atoms with Crippen molar-refractivity contribution in [3.05, 3.63) is 335 Å². The van der Waals surface area contributed by atoms with E-state index >= 15 is 0 Å². The summed E-state index contributed by atoms with van der Waals surface area (Å²) in [6.07, 6.45) is 27.6. The van der Waals surface area contributed by atoms with Crippen LogP contribution in [-0.4, -0.2) is 88.1 Å². The van der Waals surface area contributed by atoms with Crippen molar-refractivity contribution in [2.75, 3.05) is 59.7 Å². The van der Waals surface area contributed by atoms with Gasteiger partial charge in [0, 0.05) is 136 Å². The Kier molecular flexibility index (Phi) is 33.9. The Morgan fingerprint density at radius 1 is 0.536 bits per heavy atom. The molecule has 21 nitrogen and oxygen atoms in total. The number of thioether (sulfide) groups is 2. The Morgan fingerprint density at radius 3 is 1.69 bits per heavy atom. The van der Waals surface area contributed by atoms with Gasteiger partial charge in [-0.05, 0) is 170 Å². The van der Waals surface area contributed by atoms with Crippen LogP contribution in [0.3, 0.4) is 0 Å². The number of nitrogens with zero attached hydrogens (tertiary/aromatic N) is 17. The summed E-state index contributed by atoms with van der Waals surface area (Å²) < 4.78 is 46.2. The van der Waals surface area contributed by atoms with Gasteiger partial charge in [0.2, 0.25) is 5.88 Å². The molecule has 0 amide bonds. The van der Waals surface area contributed by atoms with Gasteiger partial charge in [0.05, 0.1) is 76.7 Å². The number of aromatic nitrogens is 12. The van der Waals surface area contributed by atoms with E-state index in [9.17, 15) is 13.0 Å². The van der Waals surface area contributed by atoms with E-state index in [0.717, 1.165) is 147 Å². The first-order valence-electron chi connectivity index (χ1n) is 39.4. The monoisotopic (exact) mass is 2120 g/mol. The molecular weight excluding hydrogens is 2020 g/mol. The van der Waals surface area contributed by atoms with Gasteiger partial charge in [0.15, 0.2) is 46.0 Å². The predicted octanol–water partition coefficient (Wildman–Crippen LogP) is 9.89. The Bertz CT molecular complexity index is 6440. The van der Waals surface area contributed by atoms with Crippen LogP contribution in [0.5, 0.6) is 5.75 Å². The number of fused-ring (bicyclic) bond motifs is 5. The summed E-state index contributed by atoms with van der Waals surface area (Å²) in [4.78, 5) is 48.8. The lowest BCUT2D eigenvalue weighted by atomic mass is 9.94. The fourth-order valence-electron chi connectivity index (χ4n) is 13.7. The largest absolute Gasteiger partial charge is 1.00 e. The molecule has 5 aliphatic rings. The molecule has 0 radical (unpaired) electrons. The quantitative estimate of drug-likeness (QED) is 0.0672. The fraction of sp³-hybridized carbons (Fsp3) is 0.200. The van der Waals surface area contributed by atoms with Crippen molar-refractivity contribution in [1.82, 2.24) is 39.9 Å². The molecule has 6 aromatic carbocycles. The number of para-hydroxylation sites is 3. The lowest BCUT2D eigenvalue weighted by molar-refractivity contribution is -0.682. The van der Waals surface area contributed by atoms with Gasteiger partial charge in [0.25, 0.3) is 0 Å². The molecule has 0 spiro atoms. The molecule has 0 saturated heterocycles. The molecule has 17 rings (SSSR count). The molecule has 0 unspecified atom stereocenters. The summed E-state index contributed by atoms with van der Waals surface area (Å²) in [5.41, 5.74) is 18.4. The summed E-state index contributed by atoms with van der Waals surface area (Å²) in [5, 5.41) is 4.55. The van der Waals surface area contributed by atoms with E-state index < -0.39 is 10.1 Å². The standard InChI is InChI=1S/C28H28N3S.C26H23BrClN6.C18H19ClN3O.C16H18N5S.C7H8O3S.BrH.2HI/c1-20-16-24(23-12-5-4-6-13-23)29-27(30(20)2)18-21-10-9-11-22(17-21)19-28-31(3)25-14-7-8-15-26(25)32-28;1-16-12-21(17-8-6-5-7-9-17)29-23(32(16)2)13-18(27)14-24-33(3)25-26(34(24)4)31-22-15-19(28)10-11-20(22)30-25;1-12-9-13(2)21(3)17(20-12)10-14(19)11-18-22(4)15-7-5-6-8-16(15)23-18;1-11-10-12(2)20(3)13(19-11)6-5-7-14-21(4)15-16(22-14)18-9-8-17-15;1-6-2-4-7(5-3-6)11(8,9)10;;;/h4-8,12-19H,9-11H2,1-3H3;5-15H,1-4H3;5-11H,1-4H3;5-10H,1-4H3;2-5H,1H3,(H,8,9,10);3*1H/q4*+1;;;;/p-4. The van der Waals surface area contributed by atoms with Crippen LogP contribution in [-0.2, 0) is 38.3 Å². The highest BCUT2D eigenvalue weighted by Crippen LogP contribution is 2.47. The van der Waals surface area contributed by atoms with Crippen LogP contribution in [0, 0.1) is 48.5 Å². The molecule has 1 aliphatic carbocycles. The maximum absolute atomic E-state index is 10.4. The predicted molar refractivity (Wildman–Crippen MR) is 496 cm³/mol. The van der Waals surface area contributed by atoms with Crippen molar-refractivity contribution in [3.63, 3.8) is 0 Å². The van der Waals surface area contributed by atoms with Gasteiger partial charge in [-0.1, -0.05) is 166 Å². The van der Waals surface area contributed by atoms with Gasteiger partial charge in [-0.15, -0.1) is 0 Å². The van der Waals surface area contributed by atoms with Crippen molar-refractivity contribution < 1.29 is 101 Å². The molecule has 0 fully saturated rings. The van der Waals surface area contributed by atoms with E-state index in [1.807, 2.05) is 216 Å². The number of ether oxygens (including phenoxy) is 1. The molecular formula is C95H95Br2Cl2I2N17O4S3. The van der Waals surface area contributed by atoms with Gasteiger partial charge < -0.3 is 98.7 Å². The molecule has 6 aromatic heterocycles. The van der Waals surface area contributed by atoms with E-state index in [0.29, 0.717) is 15.9 Å². The third-order valence-corrected chi connectivity index (χ3v) is 25.0. The molecule has 30 heteroatoms. The van der Waals surface area contributed by atoms with E-state index in [2.05, 4.69) is 193 Å². The van der Waals surface area contributed by atoms with Crippen LogP contribution in [0.25, 0.3) is 57.9 Å². The van der Waals surface area contributed by atoms with Crippen molar-refractivity contribution in [2.24, 2.45) is 28.2 Å². The van der Waals surface area contributed by atoms with Gasteiger partial charge in [-0.2, -0.15) is 0 Å². The number of allylic oxidation sites excluding steroid dienone is 10. The molecule has 0 N–H and O–H groups in total. The number of benzene rings is 6. The van der Waals surface area contributed by atoms with Gasteiger partial charge in [-0.3, -0.25) is 0 Å². The third-order valence-electron chi connectivity index (χ3n) is 20.9. The van der Waals surface area contributed by atoms with Gasteiger partial charge in [0.1, 0.15) is 43.7 Å². The van der Waals surface area contributed by atoms with Crippen LogP contribution in [0.15, 0.2) is 282 Å². The Morgan fingerprint density at radius 2 is 1.08 bits per heavy atom. The summed E-state index contributed by atoms with van der Waals surface area (Å²) >= 11 is 19.8. The van der Waals surface area contributed by atoms with Crippen LogP contribution in [0.2, 0.25) is 5.02 Å². The second-order valence-electron chi connectivity index (χ2n) is 29.7. The molecule has 10 heterocycles. The third kappa shape index (κ3) is 24.1. The SMILES string of the molecule is Cc1cc(-c2ccccc2)nc(C=C(Br)C=C2N(C)c3nc4ccc(Cl)cc4nc3N2C)[n+]1C.Cc1cc(-c2ccccc2)nc(C=C2C=C(C=C3Sc4ccccc4N3C)CCC2)[n+]1C.Cc1cc(C)[n+](C)c(C=C(Cl)C=C2Oc3ccccc3N2C)n1.Cc1cc(C)[n+](C)c(C=CC=C2Sc3nccnc3N2C)n1.Cc1ccc(S(=O)(=O)[O-])cc1.[Br-].[I-].[I-]. The number of halogens is 6. The molecule has 0 saturated carbocycles. The number of rotatable bonds is 11. The minimum Gasteiger partial charge on any atom is -1.00 e. The minimum absolute atomic E-state index is 0. The van der Waals surface area contributed by atoms with Crippen LogP contribution in [0.1, 0.15) is 82.3 Å². The highest BCUT2D eigenvalue weighted by Gasteiger charge is 2.32. The summed E-state index contributed by atoms with van der Waals surface area (Å²) in [6, 6.07) is 56.8. The topological polar surface area (TPSA) is 201 Å². The lowest BCUT2D eigenvalue weighted by Crippen LogP contribution is -3.00. The summed E-state index contributed by atoms with van der Waals surface area (Å²) in [6.45, 7) is 14.2. The van der Waals surface area contributed by atoms with Gasteiger partial charge in [-0.25, -0.2) is 46.6 Å². The Labute approximate surface area is 804 Å². The molecule has 12 aromatic rings. The summed E-state index contributed by atoms with van der Waals surface area (Å²) in [7, 11) is 13.9. The minimum atomic E-state index is -4.27. The van der Waals surface area contributed by atoms with Crippen molar-refractivity contribution in [3.8, 4) is 28.3 Å². The maximum Gasteiger partial charge on any atom is 0.324 e. The van der Waals surface area contributed by atoms with Crippen LogP contribution < -0.4 is 112 Å². The van der Waals surface area contributed by atoms with Crippen LogP contribution in [0.4, 0.5) is 28.8 Å². The normalized spacial score (nSPS) is 15.4. The second kappa shape index (κ2) is 43.6. The number of hydrogen-bond acceptors (Lipinski definition) is 19. The van der Waals surface area contributed by atoms with E-state index in [-0.39, 0.29) is 69.8 Å². The maximum atomic E-state index is 10.4. The highest BCUT2D eigenvalue weighted by atomic mass is 127. The van der Waals surface area contributed by atoms with Crippen LogP contribution >= 0.6 is 62.7 Å². The number of hydrogen-bond donors (Lipinski definition) is 0. The molecule has 644 valence electrons. The Balaban J connectivity index is 0.000000168. The lowest BCUT2D eigenvalue weighted by Gasteiger charge is -2.17. The van der Waals surface area contributed by atoms with E-state index in [1.165, 1.54) is 56.7 Å². The molecule has 125 heavy (non-hydrogen) atoms. The van der Waals surface area contributed by atoms with E-state index in [4.69, 9.17) is 47.9 Å². The van der Waals surface area contributed by atoms with Gasteiger partial charge >= 0.3 is 23.3 Å². The average molecular weight is 2120 g/mol. The zero-order valence-electron chi connectivity index (χ0n) is 72.0. The van der Waals surface area contributed by atoms with E-state index in [1.54, 1.807) is 42.4 Å².